The molecule has 0 heterocycles. The minimum absolute atomic E-state index is 0.00176. The molecule has 4 rings (SSSR count). The van der Waals surface area contributed by atoms with E-state index in [1.165, 1.54) is 5.57 Å². The first-order valence-electron chi connectivity index (χ1n) is 8.91. The zero-order chi connectivity index (χ0) is 16.4. The molecule has 0 aromatic rings. The molecule has 23 heavy (non-hydrogen) atoms. The largest absolute Gasteiger partial charge is 0.374 e. The molecule has 0 aliphatic heterocycles. The Morgan fingerprint density at radius 3 is 2.65 bits per heavy atom. The molecule has 3 heteroatoms. The Labute approximate surface area is 138 Å². The van der Waals surface area contributed by atoms with Crippen molar-refractivity contribution >= 4 is 11.6 Å². The maximum Gasteiger partial charge on any atom is 0.167 e. The lowest BCUT2D eigenvalue weighted by Gasteiger charge is -2.54. The summed E-state index contributed by atoms with van der Waals surface area (Å²) in [6.45, 7) is 4.41. The molecule has 0 saturated heterocycles. The van der Waals surface area contributed by atoms with E-state index in [-0.39, 0.29) is 40.3 Å². The Balaban J connectivity index is 1.78. The van der Waals surface area contributed by atoms with Crippen molar-refractivity contribution < 1.29 is 14.3 Å². The lowest BCUT2D eigenvalue weighted by Crippen LogP contribution is -2.52. The van der Waals surface area contributed by atoms with Gasteiger partial charge in [0, 0.05) is 18.4 Å². The van der Waals surface area contributed by atoms with Gasteiger partial charge in [-0.15, -0.1) is 0 Å². The Morgan fingerprint density at radius 1 is 1.13 bits per heavy atom. The number of fused-ring (bicyclic) bond motifs is 5. The molecule has 2 fully saturated rings. The summed E-state index contributed by atoms with van der Waals surface area (Å²) in [5.41, 5.74) is 0.943. The molecule has 4 aliphatic rings. The van der Waals surface area contributed by atoms with E-state index >= 15 is 0 Å². The Hall–Kier alpha value is -1.22. The topological polar surface area (TPSA) is 43.4 Å². The number of allylic oxidation sites excluding steroid dienone is 4. The molecular weight excluding hydrogens is 288 g/mol. The third-order valence-corrected chi connectivity index (χ3v) is 7.50. The molecule has 0 amide bonds. The molecule has 0 bridgehead atoms. The summed E-state index contributed by atoms with van der Waals surface area (Å²) in [4.78, 5) is 25.7. The van der Waals surface area contributed by atoms with Gasteiger partial charge in [-0.1, -0.05) is 26.0 Å². The van der Waals surface area contributed by atoms with Crippen LogP contribution in [-0.2, 0) is 14.3 Å². The number of carbonyl (C=O) groups is 2. The van der Waals surface area contributed by atoms with E-state index in [4.69, 9.17) is 4.74 Å². The van der Waals surface area contributed by atoms with Gasteiger partial charge in [-0.2, -0.15) is 0 Å². The van der Waals surface area contributed by atoms with E-state index in [2.05, 4.69) is 26.0 Å². The second-order valence-electron chi connectivity index (χ2n) is 8.38. The summed E-state index contributed by atoms with van der Waals surface area (Å²) < 4.78 is 5.44. The van der Waals surface area contributed by atoms with Crippen LogP contribution in [0, 0.1) is 28.6 Å². The van der Waals surface area contributed by atoms with Crippen LogP contribution >= 0.6 is 0 Å². The highest BCUT2D eigenvalue weighted by molar-refractivity contribution is 5.98. The van der Waals surface area contributed by atoms with Gasteiger partial charge in [-0.3, -0.25) is 9.59 Å². The number of Topliss-reactive ketones (excluding diaryl/α,β-unsaturated/α-hetero) is 1. The molecule has 6 atom stereocenters. The van der Waals surface area contributed by atoms with Crippen LogP contribution in [0.15, 0.2) is 23.8 Å². The van der Waals surface area contributed by atoms with Crippen LogP contribution in [0.2, 0.25) is 0 Å². The van der Waals surface area contributed by atoms with Crippen molar-refractivity contribution in [1.29, 1.82) is 0 Å². The van der Waals surface area contributed by atoms with E-state index in [0.717, 1.165) is 25.7 Å². The molecule has 0 N–H and O–H groups in total. The van der Waals surface area contributed by atoms with Gasteiger partial charge >= 0.3 is 0 Å². The highest BCUT2D eigenvalue weighted by atomic mass is 16.5. The van der Waals surface area contributed by atoms with Gasteiger partial charge < -0.3 is 4.74 Å². The fourth-order valence-corrected chi connectivity index (χ4v) is 6.02. The predicted molar refractivity (Wildman–Crippen MR) is 87.8 cm³/mol. The molecule has 0 aromatic carbocycles. The minimum atomic E-state index is -0.371. The summed E-state index contributed by atoms with van der Waals surface area (Å²) in [6, 6.07) is 0. The standard InChI is InChI=1S/C20H26O3/c1-19-8-5-4-6-12(19)10-15(21)17-13(19)7-9-20(2)14(17)11-16(23-3)18(20)22/h4,6,10,13-14,16-17H,5,7-9,11H2,1-3H3/t13-,14+,16?,17-,19+,20+/m1/s1. The molecule has 3 nitrogen and oxygen atoms in total. The zero-order valence-corrected chi connectivity index (χ0v) is 14.3. The summed E-state index contributed by atoms with van der Waals surface area (Å²) in [7, 11) is 1.62. The molecule has 4 aliphatic carbocycles. The van der Waals surface area contributed by atoms with E-state index in [0.29, 0.717) is 12.3 Å². The quantitative estimate of drug-likeness (QED) is 0.744. The highest BCUT2D eigenvalue weighted by Gasteiger charge is 2.62. The van der Waals surface area contributed by atoms with Crippen molar-refractivity contribution in [2.45, 2.75) is 52.1 Å². The lowest BCUT2D eigenvalue weighted by molar-refractivity contribution is -0.141. The van der Waals surface area contributed by atoms with Crippen molar-refractivity contribution in [2.24, 2.45) is 28.6 Å². The highest BCUT2D eigenvalue weighted by Crippen LogP contribution is 2.62. The molecular formula is C20H26O3. The van der Waals surface area contributed by atoms with Crippen LogP contribution in [0.5, 0.6) is 0 Å². The summed E-state index contributed by atoms with van der Waals surface area (Å²) in [5, 5.41) is 0. The second kappa shape index (κ2) is 4.89. The third-order valence-electron chi connectivity index (χ3n) is 7.50. The van der Waals surface area contributed by atoms with Gasteiger partial charge in [-0.05, 0) is 61.0 Å². The zero-order valence-electron chi connectivity index (χ0n) is 14.3. The first-order chi connectivity index (χ1) is 10.9. The van der Waals surface area contributed by atoms with Crippen LogP contribution in [0.3, 0.4) is 0 Å². The number of methoxy groups -OCH3 is 1. The Morgan fingerprint density at radius 2 is 1.91 bits per heavy atom. The molecule has 1 unspecified atom stereocenters. The maximum atomic E-state index is 12.9. The fraction of sp³-hybridized carbons (Fsp3) is 0.700. The smallest absolute Gasteiger partial charge is 0.167 e. The predicted octanol–water partition coefficient (Wildman–Crippen LogP) is 3.49. The van der Waals surface area contributed by atoms with Crippen molar-refractivity contribution in [3.05, 3.63) is 23.8 Å². The van der Waals surface area contributed by atoms with E-state index in [9.17, 15) is 9.59 Å². The number of ether oxygens (including phenoxy) is 1. The number of hydrogen-bond acceptors (Lipinski definition) is 3. The van der Waals surface area contributed by atoms with Gasteiger partial charge in [-0.25, -0.2) is 0 Å². The molecule has 0 radical (unpaired) electrons. The SMILES string of the molecule is COC1C[C@H]2[C@@H]3C(=O)C=C4C=CCC[C@]4(C)[C@@H]3CC[C@]2(C)C1=O. The van der Waals surface area contributed by atoms with Crippen LogP contribution in [0.1, 0.15) is 46.0 Å². The number of ketones is 2. The average molecular weight is 314 g/mol. The van der Waals surface area contributed by atoms with Crippen LogP contribution in [0.25, 0.3) is 0 Å². The Kier molecular flexibility index (Phi) is 3.26. The first kappa shape index (κ1) is 15.3. The number of rotatable bonds is 1. The lowest BCUT2D eigenvalue weighted by atomic mass is 9.48. The van der Waals surface area contributed by atoms with E-state index in [1.807, 2.05) is 6.08 Å². The van der Waals surface area contributed by atoms with Gasteiger partial charge in [0.05, 0.1) is 0 Å². The minimum Gasteiger partial charge on any atom is -0.374 e. The van der Waals surface area contributed by atoms with Crippen molar-refractivity contribution in [3.63, 3.8) is 0 Å². The average Bonchev–Trinajstić information content (AvgIpc) is 2.79. The van der Waals surface area contributed by atoms with E-state index < -0.39 is 0 Å². The van der Waals surface area contributed by atoms with Crippen LogP contribution in [0.4, 0.5) is 0 Å². The number of hydrogen-bond donors (Lipinski definition) is 0. The van der Waals surface area contributed by atoms with Crippen LogP contribution in [-0.4, -0.2) is 24.8 Å². The van der Waals surface area contributed by atoms with Crippen molar-refractivity contribution in [2.75, 3.05) is 7.11 Å². The maximum absolute atomic E-state index is 12.9. The van der Waals surface area contributed by atoms with Gasteiger partial charge in [0.1, 0.15) is 6.10 Å². The van der Waals surface area contributed by atoms with Crippen molar-refractivity contribution in [1.82, 2.24) is 0 Å². The fourth-order valence-electron chi connectivity index (χ4n) is 6.02. The molecule has 124 valence electrons. The monoisotopic (exact) mass is 314 g/mol. The number of carbonyl (C=O) groups excluding carboxylic acids is 2. The summed E-state index contributed by atoms with van der Waals surface area (Å²) in [6.07, 6.45) is 10.7. The van der Waals surface area contributed by atoms with Gasteiger partial charge in [0.25, 0.3) is 0 Å². The van der Waals surface area contributed by atoms with Crippen molar-refractivity contribution in [3.8, 4) is 0 Å². The summed E-state index contributed by atoms with van der Waals surface area (Å²) >= 11 is 0. The normalized spacial score (nSPS) is 48.6. The molecule has 0 spiro atoms. The van der Waals surface area contributed by atoms with E-state index in [1.54, 1.807) is 7.11 Å². The first-order valence-corrected chi connectivity index (χ1v) is 8.91. The van der Waals surface area contributed by atoms with Gasteiger partial charge in [0.2, 0.25) is 0 Å². The second-order valence-corrected chi connectivity index (χ2v) is 8.38. The third kappa shape index (κ3) is 1.86. The van der Waals surface area contributed by atoms with Crippen LogP contribution < -0.4 is 0 Å². The van der Waals surface area contributed by atoms with Gasteiger partial charge in [0.15, 0.2) is 11.6 Å². The summed E-state index contributed by atoms with van der Waals surface area (Å²) in [5.74, 6) is 0.987. The molecule has 2 saturated carbocycles. The molecule has 0 aromatic heterocycles. The Bertz CT molecular complexity index is 631.